The minimum absolute atomic E-state index is 0.187. The maximum atomic E-state index is 12.6. The summed E-state index contributed by atoms with van der Waals surface area (Å²) in [5.74, 6) is 1.09. The van der Waals surface area contributed by atoms with Gasteiger partial charge in [0.2, 0.25) is 0 Å². The van der Waals surface area contributed by atoms with Crippen LogP contribution in [0, 0.1) is 0 Å². The lowest BCUT2D eigenvalue weighted by molar-refractivity contribution is 0.0941. The van der Waals surface area contributed by atoms with Crippen LogP contribution < -0.4 is 20.1 Å². The van der Waals surface area contributed by atoms with Crippen molar-refractivity contribution in [2.75, 3.05) is 27.3 Å². The van der Waals surface area contributed by atoms with Crippen LogP contribution in [-0.4, -0.2) is 44.1 Å². The number of carbonyl (C=O) groups is 2. The molecule has 0 aliphatic heterocycles. The Morgan fingerprint density at radius 2 is 1.86 bits per heavy atom. The Morgan fingerprint density at radius 1 is 1.00 bits per heavy atom. The van der Waals surface area contributed by atoms with Gasteiger partial charge in [0.05, 0.1) is 31.0 Å². The molecule has 35 heavy (non-hydrogen) atoms. The predicted octanol–water partition coefficient (Wildman–Crippen LogP) is 4.44. The number of benzene rings is 3. The van der Waals surface area contributed by atoms with Crippen molar-refractivity contribution < 1.29 is 23.8 Å². The molecule has 0 atom stereocenters. The summed E-state index contributed by atoms with van der Waals surface area (Å²) in [5.41, 5.74) is 1.57. The van der Waals surface area contributed by atoms with Crippen molar-refractivity contribution in [3.05, 3.63) is 84.8 Å². The fraction of sp³-hybridized carbons (Fsp3) is 0.148. The second kappa shape index (κ2) is 10.6. The minimum Gasteiger partial charge on any atom is -0.500 e. The molecule has 0 aliphatic rings. The number of ether oxygens (including phenoxy) is 3. The summed E-state index contributed by atoms with van der Waals surface area (Å²) in [6.07, 6.45) is 2.98. The van der Waals surface area contributed by atoms with Crippen molar-refractivity contribution >= 4 is 33.5 Å². The molecular weight excluding hydrogens is 446 g/mol. The van der Waals surface area contributed by atoms with Crippen molar-refractivity contribution in [2.45, 2.75) is 0 Å². The third-order valence-corrected chi connectivity index (χ3v) is 5.44. The number of fused-ring (bicyclic) bond motifs is 2. The smallest absolute Gasteiger partial charge is 0.254 e. The Kier molecular flexibility index (Phi) is 7.11. The lowest BCUT2D eigenvalue weighted by Gasteiger charge is -2.13. The summed E-state index contributed by atoms with van der Waals surface area (Å²) in [4.78, 5) is 29.4. The molecule has 178 valence electrons. The van der Waals surface area contributed by atoms with E-state index in [9.17, 15) is 9.59 Å². The summed E-state index contributed by atoms with van der Waals surface area (Å²) < 4.78 is 16.6. The van der Waals surface area contributed by atoms with Gasteiger partial charge in [0.25, 0.3) is 11.8 Å². The van der Waals surface area contributed by atoms with Gasteiger partial charge in [-0.05, 0) is 47.2 Å². The molecule has 0 spiro atoms. The van der Waals surface area contributed by atoms with Gasteiger partial charge in [0.15, 0.2) is 0 Å². The summed E-state index contributed by atoms with van der Waals surface area (Å²) in [6.45, 7) is 4.21. The highest BCUT2D eigenvalue weighted by atomic mass is 16.5. The van der Waals surface area contributed by atoms with Crippen LogP contribution in [0.15, 0.2) is 73.6 Å². The van der Waals surface area contributed by atoms with Crippen molar-refractivity contribution in [1.29, 1.82) is 0 Å². The predicted molar refractivity (Wildman–Crippen MR) is 134 cm³/mol. The monoisotopic (exact) mass is 471 g/mol. The maximum absolute atomic E-state index is 12.6. The van der Waals surface area contributed by atoms with Crippen molar-refractivity contribution in [3.8, 4) is 17.2 Å². The second-order valence-corrected chi connectivity index (χ2v) is 7.54. The molecule has 4 aromatic rings. The fourth-order valence-corrected chi connectivity index (χ4v) is 3.77. The Balaban J connectivity index is 1.66. The third-order valence-electron chi connectivity index (χ3n) is 5.44. The molecule has 0 saturated carbocycles. The Bertz CT molecular complexity index is 1420. The fourth-order valence-electron chi connectivity index (χ4n) is 3.77. The molecule has 0 bridgehead atoms. The Hall–Kier alpha value is -4.59. The second-order valence-electron chi connectivity index (χ2n) is 7.54. The SMILES string of the molecule is C=COCCNC(=O)c1cccc2cc(Oc3ccnc4cc(OC)c(C(=O)NC)cc34)ccc12. The van der Waals surface area contributed by atoms with E-state index in [0.29, 0.717) is 52.4 Å². The first-order chi connectivity index (χ1) is 17.0. The van der Waals surface area contributed by atoms with Crippen molar-refractivity contribution in [2.24, 2.45) is 0 Å². The number of nitrogens with zero attached hydrogens (tertiary/aromatic N) is 1. The average molecular weight is 472 g/mol. The number of rotatable bonds is 9. The molecule has 1 heterocycles. The van der Waals surface area contributed by atoms with Gasteiger partial charge >= 0.3 is 0 Å². The van der Waals surface area contributed by atoms with Gasteiger partial charge in [0, 0.05) is 30.3 Å². The van der Waals surface area contributed by atoms with Gasteiger partial charge in [-0.15, -0.1) is 0 Å². The molecule has 3 aromatic carbocycles. The molecule has 0 saturated heterocycles. The minimum atomic E-state index is -0.272. The molecule has 0 unspecified atom stereocenters. The Morgan fingerprint density at radius 3 is 2.63 bits per heavy atom. The van der Waals surface area contributed by atoms with E-state index < -0.39 is 0 Å². The highest BCUT2D eigenvalue weighted by Gasteiger charge is 2.16. The van der Waals surface area contributed by atoms with E-state index in [4.69, 9.17) is 14.2 Å². The number of methoxy groups -OCH3 is 1. The standard InChI is InChI=1S/C27H25N3O5/c1-4-34-13-12-30-27(32)20-7-5-6-17-14-18(8-9-19(17)20)35-24-10-11-29-23-16-25(33-3)22(15-21(23)24)26(31)28-2/h4-11,14-16H,1,12-13H2,2-3H3,(H,28,31)(H,30,32). The van der Waals surface area contributed by atoms with Gasteiger partial charge in [-0.1, -0.05) is 18.7 Å². The summed E-state index contributed by atoms with van der Waals surface area (Å²) in [7, 11) is 3.07. The first-order valence-corrected chi connectivity index (χ1v) is 11.0. The zero-order chi connectivity index (χ0) is 24.8. The van der Waals surface area contributed by atoms with Crippen molar-refractivity contribution in [3.63, 3.8) is 0 Å². The zero-order valence-corrected chi connectivity index (χ0v) is 19.5. The highest BCUT2D eigenvalue weighted by Crippen LogP contribution is 2.34. The van der Waals surface area contributed by atoms with E-state index in [-0.39, 0.29) is 11.8 Å². The molecule has 2 N–H and O–H groups in total. The van der Waals surface area contributed by atoms with E-state index in [1.807, 2.05) is 24.3 Å². The van der Waals surface area contributed by atoms with Crippen LogP contribution in [-0.2, 0) is 4.74 Å². The van der Waals surface area contributed by atoms with Crippen LogP contribution in [0.3, 0.4) is 0 Å². The lowest BCUT2D eigenvalue weighted by atomic mass is 10.0. The van der Waals surface area contributed by atoms with Crippen LogP contribution in [0.5, 0.6) is 17.2 Å². The Labute approximate surface area is 202 Å². The largest absolute Gasteiger partial charge is 0.500 e. The summed E-state index contributed by atoms with van der Waals surface area (Å²) in [5, 5.41) is 7.77. The third kappa shape index (κ3) is 5.01. The van der Waals surface area contributed by atoms with E-state index in [2.05, 4.69) is 22.2 Å². The number of hydrogen-bond acceptors (Lipinski definition) is 6. The van der Waals surface area contributed by atoms with Gasteiger partial charge in [0.1, 0.15) is 23.9 Å². The average Bonchev–Trinajstić information content (AvgIpc) is 2.89. The van der Waals surface area contributed by atoms with Gasteiger partial charge < -0.3 is 24.8 Å². The molecule has 8 heteroatoms. The van der Waals surface area contributed by atoms with Crippen LogP contribution in [0.25, 0.3) is 21.7 Å². The molecule has 0 fully saturated rings. The lowest BCUT2D eigenvalue weighted by Crippen LogP contribution is -2.26. The van der Waals surface area contributed by atoms with Crippen LogP contribution in [0.4, 0.5) is 0 Å². The number of aromatic nitrogens is 1. The summed E-state index contributed by atoms with van der Waals surface area (Å²) in [6, 6.07) is 16.2. The molecular formula is C27H25N3O5. The highest BCUT2D eigenvalue weighted by molar-refractivity contribution is 6.07. The molecule has 0 radical (unpaired) electrons. The number of hydrogen-bond donors (Lipinski definition) is 2. The zero-order valence-electron chi connectivity index (χ0n) is 19.5. The number of amides is 2. The van der Waals surface area contributed by atoms with E-state index in [0.717, 1.165) is 10.8 Å². The molecule has 1 aromatic heterocycles. The maximum Gasteiger partial charge on any atom is 0.254 e. The van der Waals surface area contributed by atoms with E-state index >= 15 is 0 Å². The van der Waals surface area contributed by atoms with Gasteiger partial charge in [-0.25, -0.2) is 0 Å². The quantitative estimate of drug-likeness (QED) is 0.277. The summed E-state index contributed by atoms with van der Waals surface area (Å²) >= 11 is 0. The first-order valence-electron chi connectivity index (χ1n) is 11.0. The van der Waals surface area contributed by atoms with Crippen LogP contribution in [0.1, 0.15) is 20.7 Å². The first kappa shape index (κ1) is 23.6. The molecule has 0 aliphatic carbocycles. The van der Waals surface area contributed by atoms with Crippen molar-refractivity contribution in [1.82, 2.24) is 15.6 Å². The molecule has 4 rings (SSSR count). The van der Waals surface area contributed by atoms with E-state index in [1.165, 1.54) is 13.4 Å². The molecule has 2 amide bonds. The molecule has 8 nitrogen and oxygen atoms in total. The number of nitrogens with one attached hydrogen (secondary N) is 2. The normalized spacial score (nSPS) is 10.6. The topological polar surface area (TPSA) is 98.8 Å². The van der Waals surface area contributed by atoms with Gasteiger partial charge in [-0.2, -0.15) is 0 Å². The van der Waals surface area contributed by atoms with E-state index in [1.54, 1.807) is 43.6 Å². The van der Waals surface area contributed by atoms with Crippen LogP contribution >= 0.6 is 0 Å². The number of carbonyl (C=O) groups excluding carboxylic acids is 2. The van der Waals surface area contributed by atoms with Crippen LogP contribution in [0.2, 0.25) is 0 Å². The van der Waals surface area contributed by atoms with Gasteiger partial charge in [-0.3, -0.25) is 14.6 Å². The number of pyridine rings is 1.